The number of alkyl halides is 1. The molecule has 0 aromatic carbocycles. The van der Waals surface area contributed by atoms with Crippen molar-refractivity contribution in [3.63, 3.8) is 0 Å². The van der Waals surface area contributed by atoms with Crippen LogP contribution >= 0.6 is 11.6 Å². The molecule has 0 aliphatic rings. The van der Waals surface area contributed by atoms with Crippen molar-refractivity contribution in [2.24, 2.45) is 0 Å². The van der Waals surface area contributed by atoms with Gasteiger partial charge in [0.2, 0.25) is 0 Å². The second-order valence-corrected chi connectivity index (χ2v) is 6.20. The van der Waals surface area contributed by atoms with E-state index in [2.05, 4.69) is 11.7 Å². The maximum Gasteiger partial charge on any atom is 0.305 e. The Morgan fingerprint density at radius 3 is 1.87 bits per heavy atom. The maximum absolute atomic E-state index is 11.7. The van der Waals surface area contributed by atoms with Gasteiger partial charge in [-0.3, -0.25) is 4.79 Å². The van der Waals surface area contributed by atoms with Crippen LogP contribution in [-0.2, 0) is 9.53 Å². The molecule has 1 atom stereocenters. The zero-order valence-electron chi connectivity index (χ0n) is 19.5. The number of rotatable bonds is 17. The minimum absolute atomic E-state index is 0.0430. The molecule has 0 bridgehead atoms. The summed E-state index contributed by atoms with van der Waals surface area (Å²) in [6, 6.07) is 0. The van der Waals surface area contributed by atoms with E-state index in [4.69, 9.17) is 18.5 Å². The number of hydrogen-bond donors (Lipinski definition) is 1. The highest BCUT2D eigenvalue weighted by Gasteiger charge is 2.07. The van der Waals surface area contributed by atoms with Gasteiger partial charge in [-0.25, -0.2) is 0 Å². The Hall–Kier alpha value is -0.280. The smallest absolute Gasteiger partial charge is 0.305 e. The van der Waals surface area contributed by atoms with Gasteiger partial charge < -0.3 is 9.84 Å². The Kier molecular flexibility index (Phi) is 11.8. The zero-order chi connectivity index (χ0) is 21.7. The van der Waals surface area contributed by atoms with Gasteiger partial charge in [-0.15, -0.1) is 11.6 Å². The van der Waals surface area contributed by atoms with Crippen molar-refractivity contribution < 1.29 is 21.5 Å². The summed E-state index contributed by atoms with van der Waals surface area (Å²) in [6.07, 6.45) is 11.6. The van der Waals surface area contributed by atoms with Crippen molar-refractivity contribution in [1.82, 2.24) is 0 Å². The molecular formula is C19H37ClO3. The average molecular weight is 354 g/mol. The van der Waals surface area contributed by atoms with Gasteiger partial charge in [0, 0.05) is 9.16 Å². The van der Waals surface area contributed by atoms with E-state index in [1.165, 1.54) is 57.8 Å². The minimum atomic E-state index is -3.41. The molecule has 4 heteroatoms. The van der Waals surface area contributed by atoms with Gasteiger partial charge in [0.25, 0.3) is 0 Å². The van der Waals surface area contributed by atoms with Crippen LogP contribution in [0.5, 0.6) is 0 Å². The highest BCUT2D eigenvalue weighted by Crippen LogP contribution is 2.13. The number of hydrogen-bond acceptors (Lipinski definition) is 3. The zero-order valence-corrected chi connectivity index (χ0v) is 15.3. The number of unbranched alkanes of at least 4 members (excludes halogenated alkanes) is 12. The van der Waals surface area contributed by atoms with Gasteiger partial charge in [0.1, 0.15) is 12.6 Å². The SMILES string of the molecule is [2H]C([2H])(Cl)[C@@]([2H])(O)C([2H])([2H])OC(=O)CCCCCCCCCCCCCCC. The molecule has 0 aliphatic carbocycles. The lowest BCUT2D eigenvalue weighted by atomic mass is 10.0. The summed E-state index contributed by atoms with van der Waals surface area (Å²) in [4.78, 5) is 11.7. The van der Waals surface area contributed by atoms with Crippen LogP contribution in [0.4, 0.5) is 0 Å². The fourth-order valence-corrected chi connectivity index (χ4v) is 2.50. The average Bonchev–Trinajstić information content (AvgIpc) is 2.57. The van der Waals surface area contributed by atoms with Crippen molar-refractivity contribution in [2.75, 3.05) is 12.4 Å². The van der Waals surface area contributed by atoms with E-state index >= 15 is 0 Å². The summed E-state index contributed by atoms with van der Waals surface area (Å²) in [5, 5.41) is 9.62. The van der Waals surface area contributed by atoms with Crippen molar-refractivity contribution >= 4 is 17.6 Å². The van der Waals surface area contributed by atoms with Gasteiger partial charge in [-0.1, -0.05) is 84.0 Å². The Morgan fingerprint density at radius 1 is 1.00 bits per heavy atom. The number of esters is 1. The number of carbonyl (C=O) groups is 1. The van der Waals surface area contributed by atoms with Crippen LogP contribution in [0.15, 0.2) is 0 Å². The molecule has 0 aliphatic heterocycles. The molecule has 0 radical (unpaired) electrons. The van der Waals surface area contributed by atoms with Crippen LogP contribution in [0.3, 0.4) is 0 Å². The quantitative estimate of drug-likeness (QED) is 0.210. The van der Waals surface area contributed by atoms with Gasteiger partial charge in [-0.2, -0.15) is 0 Å². The van der Waals surface area contributed by atoms with Crippen LogP contribution in [0, 0.1) is 0 Å². The fraction of sp³-hybridized carbons (Fsp3) is 0.947. The van der Waals surface area contributed by atoms with Crippen molar-refractivity contribution in [2.45, 2.75) is 103 Å². The lowest BCUT2D eigenvalue weighted by molar-refractivity contribution is -0.146. The first-order valence-electron chi connectivity index (χ1n) is 11.6. The summed E-state index contributed by atoms with van der Waals surface area (Å²) in [5.74, 6) is -4.02. The molecule has 0 rings (SSSR count). The molecule has 0 unspecified atom stereocenters. The molecule has 0 saturated carbocycles. The third-order valence-electron chi connectivity index (χ3n) is 3.84. The first-order chi connectivity index (χ1) is 13.0. The molecular weight excluding hydrogens is 312 g/mol. The topological polar surface area (TPSA) is 46.5 Å². The van der Waals surface area contributed by atoms with Crippen molar-refractivity contribution in [3.05, 3.63) is 0 Å². The number of carbonyl (C=O) groups excluding carboxylic acids is 1. The van der Waals surface area contributed by atoms with E-state index in [1.54, 1.807) is 0 Å². The van der Waals surface area contributed by atoms with Crippen molar-refractivity contribution in [1.29, 1.82) is 0 Å². The summed E-state index contributed by atoms with van der Waals surface area (Å²) in [6.45, 7) is -1.02. The lowest BCUT2D eigenvalue weighted by Crippen LogP contribution is -2.19. The predicted octanol–water partition coefficient (Wildman–Crippen LogP) is 5.61. The van der Waals surface area contributed by atoms with Crippen LogP contribution < -0.4 is 0 Å². The number of aliphatic hydroxyl groups is 1. The molecule has 0 amide bonds. The molecule has 23 heavy (non-hydrogen) atoms. The molecule has 1 N–H and O–H groups in total. The number of halogens is 1. The second kappa shape index (κ2) is 18.1. The standard InChI is InChI=1S/C19H37ClO3/c1-2-3-4-5-6-7-8-9-10-11-12-13-14-15-19(22)23-17-18(21)16-20/h18,21H,2-17H2,1H3/t18-/m1/s1/i16D2,17D2,18D. The predicted molar refractivity (Wildman–Crippen MR) is 98.0 cm³/mol. The minimum Gasteiger partial charge on any atom is -0.463 e. The number of ether oxygens (including phenoxy) is 1. The van der Waals surface area contributed by atoms with E-state index in [1.807, 2.05) is 0 Å². The van der Waals surface area contributed by atoms with Gasteiger partial charge in [0.05, 0.1) is 9.94 Å². The first kappa shape index (κ1) is 15.0. The van der Waals surface area contributed by atoms with Gasteiger partial charge in [0.15, 0.2) is 0 Å². The molecule has 0 fully saturated rings. The Balaban J connectivity index is 3.73. The van der Waals surface area contributed by atoms with Gasteiger partial charge >= 0.3 is 5.97 Å². The fourth-order valence-electron chi connectivity index (χ4n) is 2.46. The molecule has 138 valence electrons. The van der Waals surface area contributed by atoms with E-state index in [0.717, 1.165) is 19.3 Å². The Morgan fingerprint density at radius 2 is 1.43 bits per heavy atom. The molecule has 0 spiro atoms. The third-order valence-corrected chi connectivity index (χ3v) is 4.01. The Bertz CT molecular complexity index is 428. The second-order valence-electron chi connectivity index (χ2n) is 6.01. The molecule has 3 nitrogen and oxygen atoms in total. The summed E-state index contributed by atoms with van der Waals surface area (Å²) < 4.78 is 40.9. The van der Waals surface area contributed by atoms with Gasteiger partial charge in [-0.05, 0) is 6.42 Å². The largest absolute Gasteiger partial charge is 0.463 e. The van der Waals surface area contributed by atoms with Crippen molar-refractivity contribution in [3.8, 4) is 0 Å². The molecule has 0 aromatic heterocycles. The molecule has 0 heterocycles. The van der Waals surface area contributed by atoms with Crippen LogP contribution in [0.1, 0.15) is 104 Å². The molecule has 0 aromatic rings. The van der Waals surface area contributed by atoms with E-state index in [9.17, 15) is 9.90 Å². The van der Waals surface area contributed by atoms with E-state index in [-0.39, 0.29) is 6.42 Å². The third kappa shape index (κ3) is 17.9. The van der Waals surface area contributed by atoms with Crippen LogP contribution in [-0.4, -0.2) is 29.5 Å². The summed E-state index contributed by atoms with van der Waals surface area (Å²) in [7, 11) is 0. The summed E-state index contributed by atoms with van der Waals surface area (Å²) >= 11 is 5.19. The molecule has 0 saturated heterocycles. The monoisotopic (exact) mass is 353 g/mol. The Labute approximate surface area is 155 Å². The lowest BCUT2D eigenvalue weighted by Gasteiger charge is -2.08. The normalized spacial score (nSPS) is 18.1. The van der Waals surface area contributed by atoms with Crippen LogP contribution in [0.25, 0.3) is 0 Å². The highest BCUT2D eigenvalue weighted by atomic mass is 35.5. The highest BCUT2D eigenvalue weighted by molar-refractivity contribution is 6.18. The van der Waals surface area contributed by atoms with Crippen LogP contribution in [0.2, 0.25) is 0 Å². The van der Waals surface area contributed by atoms with E-state index < -0.39 is 24.4 Å². The maximum atomic E-state index is 11.7. The first-order valence-corrected chi connectivity index (χ1v) is 9.46. The summed E-state index contributed by atoms with van der Waals surface area (Å²) in [5.41, 5.74) is 0. The van der Waals surface area contributed by atoms with E-state index in [0.29, 0.717) is 6.42 Å².